The molecule has 2 aromatic rings. The fourth-order valence-electron chi connectivity index (χ4n) is 2.44. The Kier molecular flexibility index (Phi) is 4.73. The summed E-state index contributed by atoms with van der Waals surface area (Å²) in [6.07, 6.45) is -5.63. The molecule has 144 valence electrons. The van der Waals surface area contributed by atoms with Crippen molar-refractivity contribution in [3.05, 3.63) is 47.0 Å². The lowest BCUT2D eigenvalue weighted by Crippen LogP contribution is -2.34. The second kappa shape index (κ2) is 6.61. The Morgan fingerprint density at radius 3 is 2.56 bits per heavy atom. The number of hydrogen-bond donors (Lipinski definition) is 2. The molecule has 0 spiro atoms. The van der Waals surface area contributed by atoms with Crippen molar-refractivity contribution >= 4 is 38.9 Å². The van der Waals surface area contributed by atoms with Crippen LogP contribution in [0.15, 0.2) is 41.3 Å². The van der Waals surface area contributed by atoms with E-state index in [4.69, 9.17) is 16.3 Å². The Bertz CT molecular complexity index is 1020. The molecule has 1 amide bonds. The second-order valence-electron chi connectivity index (χ2n) is 5.70. The molecule has 1 heterocycles. The summed E-state index contributed by atoms with van der Waals surface area (Å²) >= 11 is 5.57. The van der Waals surface area contributed by atoms with Crippen LogP contribution in [-0.4, -0.2) is 20.4 Å². The minimum absolute atomic E-state index is 0.0460. The van der Waals surface area contributed by atoms with Crippen LogP contribution in [-0.2, 0) is 21.0 Å². The first-order valence-electron chi connectivity index (χ1n) is 7.48. The molecular formula is C16H12ClF3N2O4S. The van der Waals surface area contributed by atoms with Crippen LogP contribution < -0.4 is 14.8 Å². The van der Waals surface area contributed by atoms with E-state index in [-0.39, 0.29) is 16.4 Å². The standard InChI is InChI=1S/C16H12ClF3N2O4S/c1-8-15(23)21-12-7-10(3-4-13(12)26-8)22-27(24,25)14-5-2-9(17)6-11(14)16(18,19)20/h2-8,22H,1H3,(H,21,23)/t8-/m1/s1. The number of fused-ring (bicyclic) bond motifs is 1. The molecular weight excluding hydrogens is 409 g/mol. The van der Waals surface area contributed by atoms with Gasteiger partial charge in [-0.05, 0) is 43.3 Å². The molecule has 0 bridgehead atoms. The number of alkyl halides is 3. The average Bonchev–Trinajstić information content (AvgIpc) is 2.55. The van der Waals surface area contributed by atoms with Crippen LogP contribution in [0.1, 0.15) is 12.5 Å². The van der Waals surface area contributed by atoms with Gasteiger partial charge in [0.2, 0.25) is 0 Å². The van der Waals surface area contributed by atoms with Crippen molar-refractivity contribution < 1.29 is 31.1 Å². The van der Waals surface area contributed by atoms with Gasteiger partial charge < -0.3 is 10.1 Å². The van der Waals surface area contributed by atoms with E-state index in [9.17, 15) is 26.4 Å². The van der Waals surface area contributed by atoms with Crippen molar-refractivity contribution in [3.8, 4) is 5.75 Å². The van der Waals surface area contributed by atoms with Crippen LogP contribution >= 0.6 is 11.6 Å². The summed E-state index contributed by atoms with van der Waals surface area (Å²) in [4.78, 5) is 10.7. The van der Waals surface area contributed by atoms with Crippen LogP contribution in [0.4, 0.5) is 24.5 Å². The number of rotatable bonds is 3. The van der Waals surface area contributed by atoms with E-state index < -0.39 is 38.7 Å². The zero-order valence-electron chi connectivity index (χ0n) is 13.6. The highest BCUT2D eigenvalue weighted by Gasteiger charge is 2.37. The molecule has 11 heteroatoms. The van der Waals surface area contributed by atoms with Gasteiger partial charge in [-0.3, -0.25) is 9.52 Å². The summed E-state index contributed by atoms with van der Waals surface area (Å²) in [6, 6.07) is 6.32. The zero-order chi connectivity index (χ0) is 20.0. The number of benzene rings is 2. The lowest BCUT2D eigenvalue weighted by Gasteiger charge is -2.24. The molecule has 2 N–H and O–H groups in total. The van der Waals surface area contributed by atoms with Gasteiger partial charge in [-0.15, -0.1) is 0 Å². The third-order valence-electron chi connectivity index (χ3n) is 3.70. The lowest BCUT2D eigenvalue weighted by molar-refractivity contribution is -0.139. The third kappa shape index (κ3) is 3.96. The summed E-state index contributed by atoms with van der Waals surface area (Å²) in [7, 11) is -4.58. The Morgan fingerprint density at radius 2 is 1.89 bits per heavy atom. The zero-order valence-corrected chi connectivity index (χ0v) is 15.2. The molecule has 0 radical (unpaired) electrons. The van der Waals surface area contributed by atoms with Gasteiger partial charge in [0.25, 0.3) is 15.9 Å². The van der Waals surface area contributed by atoms with Gasteiger partial charge in [0.1, 0.15) is 5.75 Å². The molecule has 1 aliphatic heterocycles. The molecule has 0 saturated carbocycles. The van der Waals surface area contributed by atoms with Gasteiger partial charge in [0, 0.05) is 5.02 Å². The van der Waals surface area contributed by atoms with Crippen molar-refractivity contribution in [1.82, 2.24) is 0 Å². The van der Waals surface area contributed by atoms with Crippen molar-refractivity contribution in [3.63, 3.8) is 0 Å². The van der Waals surface area contributed by atoms with E-state index in [0.29, 0.717) is 11.8 Å². The number of carbonyl (C=O) groups is 1. The van der Waals surface area contributed by atoms with E-state index in [1.807, 2.05) is 0 Å². The maximum absolute atomic E-state index is 13.2. The maximum atomic E-state index is 13.2. The summed E-state index contributed by atoms with van der Waals surface area (Å²) in [6.45, 7) is 1.54. The number of hydrogen-bond acceptors (Lipinski definition) is 4. The Hall–Kier alpha value is -2.46. The van der Waals surface area contributed by atoms with Gasteiger partial charge in [-0.2, -0.15) is 13.2 Å². The van der Waals surface area contributed by atoms with Gasteiger partial charge in [0.15, 0.2) is 6.10 Å². The van der Waals surface area contributed by atoms with Crippen LogP contribution in [0, 0.1) is 0 Å². The van der Waals surface area contributed by atoms with E-state index in [1.54, 1.807) is 0 Å². The first-order chi connectivity index (χ1) is 12.5. The minimum Gasteiger partial charge on any atom is -0.479 e. The highest BCUT2D eigenvalue weighted by molar-refractivity contribution is 7.92. The molecule has 1 aliphatic rings. The molecule has 3 rings (SSSR count). The first kappa shape index (κ1) is 19.3. The van der Waals surface area contributed by atoms with Crippen molar-refractivity contribution in [2.24, 2.45) is 0 Å². The molecule has 0 saturated heterocycles. The Labute approximate surface area is 157 Å². The molecule has 0 fully saturated rings. The summed E-state index contributed by atoms with van der Waals surface area (Å²) < 4.78 is 71.9. The number of sulfonamides is 1. The number of nitrogens with one attached hydrogen (secondary N) is 2. The molecule has 0 unspecified atom stereocenters. The number of carbonyl (C=O) groups excluding carboxylic acids is 1. The monoisotopic (exact) mass is 420 g/mol. The minimum atomic E-state index is -4.91. The van der Waals surface area contributed by atoms with Gasteiger partial charge in [-0.25, -0.2) is 8.42 Å². The highest BCUT2D eigenvalue weighted by atomic mass is 35.5. The molecule has 0 aromatic heterocycles. The predicted octanol–water partition coefficient (Wildman–Crippen LogP) is 3.88. The summed E-state index contributed by atoms with van der Waals surface area (Å²) in [5.74, 6) is -0.118. The number of anilines is 2. The SMILES string of the molecule is C[C@H]1Oc2ccc(NS(=O)(=O)c3ccc(Cl)cc3C(F)(F)F)cc2NC1=O. The van der Waals surface area contributed by atoms with Crippen LogP contribution in [0.5, 0.6) is 5.75 Å². The van der Waals surface area contributed by atoms with Crippen molar-refractivity contribution in [1.29, 1.82) is 0 Å². The second-order valence-corrected chi connectivity index (χ2v) is 7.79. The van der Waals surface area contributed by atoms with E-state index in [0.717, 1.165) is 12.1 Å². The van der Waals surface area contributed by atoms with Gasteiger partial charge >= 0.3 is 6.18 Å². The fraction of sp³-hybridized carbons (Fsp3) is 0.188. The van der Waals surface area contributed by atoms with Gasteiger partial charge in [-0.1, -0.05) is 11.6 Å². The number of ether oxygens (including phenoxy) is 1. The normalized spacial score (nSPS) is 16.9. The largest absolute Gasteiger partial charge is 0.479 e. The predicted molar refractivity (Wildman–Crippen MR) is 92.4 cm³/mol. The van der Waals surface area contributed by atoms with Crippen LogP contribution in [0.2, 0.25) is 5.02 Å². The number of halogens is 4. The highest BCUT2D eigenvalue weighted by Crippen LogP contribution is 2.37. The first-order valence-corrected chi connectivity index (χ1v) is 9.34. The van der Waals surface area contributed by atoms with Crippen molar-refractivity contribution in [2.75, 3.05) is 10.0 Å². The van der Waals surface area contributed by atoms with E-state index in [1.165, 1.54) is 25.1 Å². The smallest absolute Gasteiger partial charge is 0.417 e. The Morgan fingerprint density at radius 1 is 1.19 bits per heavy atom. The van der Waals surface area contributed by atoms with Crippen molar-refractivity contribution in [2.45, 2.75) is 24.1 Å². The summed E-state index contributed by atoms with van der Waals surface area (Å²) in [5.41, 5.74) is -1.23. The molecule has 6 nitrogen and oxygen atoms in total. The van der Waals surface area contributed by atoms with Gasteiger partial charge in [0.05, 0.1) is 21.8 Å². The molecule has 0 aliphatic carbocycles. The average molecular weight is 421 g/mol. The lowest BCUT2D eigenvalue weighted by atomic mass is 10.2. The Balaban J connectivity index is 1.97. The van der Waals surface area contributed by atoms with Crippen LogP contribution in [0.3, 0.4) is 0 Å². The maximum Gasteiger partial charge on any atom is 0.417 e. The van der Waals surface area contributed by atoms with E-state index in [2.05, 4.69) is 10.0 Å². The molecule has 2 aromatic carbocycles. The van der Waals surface area contributed by atoms with E-state index >= 15 is 0 Å². The number of amides is 1. The van der Waals surface area contributed by atoms with Crippen LogP contribution in [0.25, 0.3) is 0 Å². The topological polar surface area (TPSA) is 84.5 Å². The third-order valence-corrected chi connectivity index (χ3v) is 5.37. The molecule has 1 atom stereocenters. The quantitative estimate of drug-likeness (QED) is 0.789. The fourth-order valence-corrected chi connectivity index (χ4v) is 3.87. The molecule has 27 heavy (non-hydrogen) atoms. The summed E-state index contributed by atoms with van der Waals surface area (Å²) in [5, 5.41) is 2.28.